The molecule has 1 heterocycles. The number of unbranched alkanes of at least 4 members (excludes halogenated alkanes) is 1. The molecule has 1 aromatic carbocycles. The van der Waals surface area contributed by atoms with Gasteiger partial charge in [0.2, 0.25) is 0 Å². The third-order valence-corrected chi connectivity index (χ3v) is 5.20. The van der Waals surface area contributed by atoms with E-state index in [-0.39, 0.29) is 4.32 Å². The molecule has 0 aliphatic carbocycles. The molecule has 0 N–H and O–H groups in total. The van der Waals surface area contributed by atoms with Crippen LogP contribution in [0, 0.1) is 0 Å². The zero-order valence-electron chi connectivity index (χ0n) is 14.4. The van der Waals surface area contributed by atoms with Gasteiger partial charge in [-0.15, -0.1) is 0 Å². The number of esters is 1. The van der Waals surface area contributed by atoms with Crippen LogP contribution in [0.4, 0.5) is 0 Å². The highest BCUT2D eigenvalue weighted by atomic mass is 32.2. The first-order chi connectivity index (χ1) is 12.4. The second kappa shape index (κ2) is 8.95. The Bertz CT molecular complexity index is 757. The van der Waals surface area contributed by atoms with Crippen LogP contribution >= 0.6 is 24.0 Å². The number of carboxylic acids is 1. The number of aliphatic carboxylic acids is 1. The largest absolute Gasteiger partial charge is 0.548 e. The molecule has 0 aromatic heterocycles. The molecular formula is C18H18NO5S2-. The number of carboxylic acid groups (broad SMARTS) is 1. The molecule has 0 bridgehead atoms. The number of methoxy groups -OCH3 is 1. The summed E-state index contributed by atoms with van der Waals surface area (Å²) in [5.41, 5.74) is 1.09. The summed E-state index contributed by atoms with van der Waals surface area (Å²) >= 11 is 6.26. The maximum Gasteiger partial charge on any atom is 0.337 e. The molecule has 138 valence electrons. The molecule has 8 heteroatoms. The predicted molar refractivity (Wildman–Crippen MR) is 101 cm³/mol. The molecule has 26 heavy (non-hydrogen) atoms. The van der Waals surface area contributed by atoms with E-state index in [1.54, 1.807) is 30.3 Å². The fraction of sp³-hybridized carbons (Fsp3) is 0.333. The van der Waals surface area contributed by atoms with Gasteiger partial charge in [-0.2, -0.15) is 0 Å². The first-order valence-electron chi connectivity index (χ1n) is 8.05. The zero-order chi connectivity index (χ0) is 19.3. The monoisotopic (exact) mass is 392 g/mol. The van der Waals surface area contributed by atoms with Crippen molar-refractivity contribution < 1.29 is 24.2 Å². The predicted octanol–water partition coefficient (Wildman–Crippen LogP) is 1.98. The van der Waals surface area contributed by atoms with Crippen LogP contribution in [0.3, 0.4) is 0 Å². The molecule has 1 fully saturated rings. The van der Waals surface area contributed by atoms with Crippen molar-refractivity contribution >= 4 is 52.2 Å². The van der Waals surface area contributed by atoms with Gasteiger partial charge in [0, 0.05) is 0 Å². The van der Waals surface area contributed by atoms with Crippen molar-refractivity contribution in [3.63, 3.8) is 0 Å². The van der Waals surface area contributed by atoms with Gasteiger partial charge >= 0.3 is 5.97 Å². The summed E-state index contributed by atoms with van der Waals surface area (Å²) in [6.07, 6.45) is 3.38. The molecule has 6 nitrogen and oxygen atoms in total. The fourth-order valence-electron chi connectivity index (χ4n) is 2.48. The van der Waals surface area contributed by atoms with Crippen molar-refractivity contribution in [1.82, 2.24) is 4.90 Å². The molecule has 1 amide bonds. The Morgan fingerprint density at radius 2 is 2.00 bits per heavy atom. The van der Waals surface area contributed by atoms with Gasteiger partial charge in [-0.25, -0.2) is 4.79 Å². The summed E-state index contributed by atoms with van der Waals surface area (Å²) < 4.78 is 4.84. The van der Waals surface area contributed by atoms with Gasteiger partial charge in [0.1, 0.15) is 4.32 Å². The molecule has 1 saturated heterocycles. The maximum atomic E-state index is 12.6. The molecule has 1 aromatic rings. The van der Waals surface area contributed by atoms with Crippen molar-refractivity contribution in [2.45, 2.75) is 32.2 Å². The second-order valence-corrected chi connectivity index (χ2v) is 7.32. The number of benzene rings is 1. The van der Waals surface area contributed by atoms with Crippen LogP contribution in [-0.4, -0.2) is 40.2 Å². The topological polar surface area (TPSA) is 86.7 Å². The number of ether oxygens (including phenoxy) is 1. The van der Waals surface area contributed by atoms with Gasteiger partial charge in [-0.3, -0.25) is 9.69 Å². The minimum absolute atomic E-state index is 0.206. The van der Waals surface area contributed by atoms with Gasteiger partial charge in [0.15, 0.2) is 0 Å². The Kier molecular flexibility index (Phi) is 6.93. The minimum atomic E-state index is -1.31. The van der Waals surface area contributed by atoms with Gasteiger partial charge in [0.25, 0.3) is 5.91 Å². The van der Waals surface area contributed by atoms with E-state index in [2.05, 4.69) is 4.74 Å². The minimum Gasteiger partial charge on any atom is -0.548 e. The van der Waals surface area contributed by atoms with E-state index in [9.17, 15) is 19.5 Å². The fourth-order valence-corrected chi connectivity index (χ4v) is 3.84. The number of thiocarbonyl (C=S) groups is 1. The van der Waals surface area contributed by atoms with Crippen LogP contribution in [-0.2, 0) is 14.3 Å². The number of nitrogens with zero attached hydrogens (tertiary/aromatic N) is 1. The highest BCUT2D eigenvalue weighted by Crippen LogP contribution is 2.34. The van der Waals surface area contributed by atoms with Crippen LogP contribution < -0.4 is 5.11 Å². The first kappa shape index (κ1) is 20.1. The smallest absolute Gasteiger partial charge is 0.337 e. The van der Waals surface area contributed by atoms with Crippen LogP contribution in [0.5, 0.6) is 0 Å². The number of thioether (sulfide) groups is 1. The summed E-state index contributed by atoms with van der Waals surface area (Å²) in [6.45, 7) is 1.94. The molecule has 1 aliphatic heterocycles. The van der Waals surface area contributed by atoms with E-state index in [1.807, 2.05) is 6.92 Å². The summed E-state index contributed by atoms with van der Waals surface area (Å²) in [6, 6.07) is 5.46. The van der Waals surface area contributed by atoms with Crippen molar-refractivity contribution in [2.75, 3.05) is 7.11 Å². The van der Waals surface area contributed by atoms with Crippen molar-refractivity contribution in [3.8, 4) is 0 Å². The molecule has 2 rings (SSSR count). The summed E-state index contributed by atoms with van der Waals surface area (Å²) in [5, 5.41) is 11.4. The van der Waals surface area contributed by atoms with Crippen LogP contribution in [0.15, 0.2) is 29.2 Å². The Balaban J connectivity index is 2.22. The quantitative estimate of drug-likeness (QED) is 0.398. The highest BCUT2D eigenvalue weighted by Gasteiger charge is 2.37. The SMILES string of the molecule is CCCC[C@@H](C(=O)[O-])N1C(=O)/C(=C/c2ccc(C(=O)OC)cc2)SC1=S. The van der Waals surface area contributed by atoms with E-state index < -0.39 is 23.9 Å². The number of carbonyl (C=O) groups is 3. The summed E-state index contributed by atoms with van der Waals surface area (Å²) in [7, 11) is 1.30. The van der Waals surface area contributed by atoms with Gasteiger partial charge in [0.05, 0.1) is 29.6 Å². The zero-order valence-corrected chi connectivity index (χ0v) is 16.0. The summed E-state index contributed by atoms with van der Waals surface area (Å²) in [4.78, 5) is 37.0. The average molecular weight is 392 g/mol. The standard InChI is InChI=1S/C18H19NO5S2/c1-3-4-5-13(16(21)22)19-15(20)14(26-18(19)25)10-11-6-8-12(9-7-11)17(23)24-2/h6-10,13H,3-5H2,1-2H3,(H,21,22)/p-1/b14-10-/t13-/m0/s1. The number of hydrogen-bond donors (Lipinski definition) is 0. The lowest BCUT2D eigenvalue weighted by Crippen LogP contribution is -2.49. The normalized spacial score (nSPS) is 16.8. The third-order valence-electron chi connectivity index (χ3n) is 3.87. The lowest BCUT2D eigenvalue weighted by Gasteiger charge is -2.27. The van der Waals surface area contributed by atoms with Crippen LogP contribution in [0.25, 0.3) is 6.08 Å². The maximum absolute atomic E-state index is 12.6. The molecule has 0 saturated carbocycles. The number of carbonyl (C=O) groups excluding carboxylic acids is 3. The molecule has 0 spiro atoms. The lowest BCUT2D eigenvalue weighted by molar-refractivity contribution is -0.310. The average Bonchev–Trinajstić information content (AvgIpc) is 2.89. The van der Waals surface area contributed by atoms with Crippen LogP contribution in [0.1, 0.15) is 42.1 Å². The third kappa shape index (κ3) is 4.50. The lowest BCUT2D eigenvalue weighted by atomic mass is 10.1. The van der Waals surface area contributed by atoms with Crippen molar-refractivity contribution in [3.05, 3.63) is 40.3 Å². The number of hydrogen-bond acceptors (Lipinski definition) is 7. The van der Waals surface area contributed by atoms with Crippen LogP contribution in [0.2, 0.25) is 0 Å². The molecule has 0 radical (unpaired) electrons. The van der Waals surface area contributed by atoms with E-state index in [4.69, 9.17) is 12.2 Å². The molecule has 1 atom stereocenters. The number of rotatable bonds is 7. The van der Waals surface area contributed by atoms with Gasteiger partial charge in [-0.1, -0.05) is 55.9 Å². The Morgan fingerprint density at radius 3 is 2.54 bits per heavy atom. The first-order valence-corrected chi connectivity index (χ1v) is 9.27. The second-order valence-electron chi connectivity index (χ2n) is 5.64. The van der Waals surface area contributed by atoms with E-state index >= 15 is 0 Å². The van der Waals surface area contributed by atoms with E-state index in [0.717, 1.165) is 23.1 Å². The van der Waals surface area contributed by atoms with E-state index in [1.165, 1.54) is 7.11 Å². The van der Waals surface area contributed by atoms with Gasteiger partial charge < -0.3 is 14.6 Å². The van der Waals surface area contributed by atoms with Gasteiger partial charge in [-0.05, 0) is 30.2 Å². The van der Waals surface area contributed by atoms with Crippen molar-refractivity contribution in [1.29, 1.82) is 0 Å². The molecule has 1 aliphatic rings. The van der Waals surface area contributed by atoms with Crippen molar-refractivity contribution in [2.24, 2.45) is 0 Å². The molecular weight excluding hydrogens is 374 g/mol. The Labute approximate surface area is 161 Å². The van der Waals surface area contributed by atoms with E-state index in [0.29, 0.717) is 28.9 Å². The number of amides is 1. The highest BCUT2D eigenvalue weighted by molar-refractivity contribution is 8.26. The Hall–Kier alpha value is -2.19. The Morgan fingerprint density at radius 1 is 1.35 bits per heavy atom. The molecule has 0 unspecified atom stereocenters. The summed E-state index contributed by atoms with van der Waals surface area (Å²) in [5.74, 6) is -2.20.